The number of aromatic nitrogens is 4. The van der Waals surface area contributed by atoms with Crippen LogP contribution in [0.5, 0.6) is 5.75 Å². The number of hydrogen-bond acceptors (Lipinski definition) is 11. The number of piperidine rings is 2. The molecular weight excluding hydrogens is 719 g/mol. The number of anilines is 3. The number of ether oxygens (including phenoxy) is 1. The summed E-state index contributed by atoms with van der Waals surface area (Å²) >= 11 is 0. The zero-order valence-electron chi connectivity index (χ0n) is 30.4. The van der Waals surface area contributed by atoms with Crippen molar-refractivity contribution < 1.29 is 37.4 Å². The lowest BCUT2D eigenvalue weighted by Crippen LogP contribution is -2.53. The number of hydrogen-bond donors (Lipinski definition) is 3. The van der Waals surface area contributed by atoms with E-state index in [4.69, 9.17) is 4.74 Å². The summed E-state index contributed by atoms with van der Waals surface area (Å²) in [6.07, 6.45) is 0.377. The average molecular weight is 762 g/mol. The second-order valence-electron chi connectivity index (χ2n) is 14.4. The first-order valence-electron chi connectivity index (χ1n) is 18.2. The molecule has 3 amide bonds. The van der Waals surface area contributed by atoms with Gasteiger partial charge in [-0.2, -0.15) is 18.3 Å². The number of nitrogens with zero attached hydrogens (tertiary/aromatic N) is 7. The zero-order chi connectivity index (χ0) is 38.9. The monoisotopic (exact) mass is 761 g/mol. The number of benzene rings is 1. The van der Waals surface area contributed by atoms with Crippen molar-refractivity contribution in [2.45, 2.75) is 63.5 Å². The summed E-state index contributed by atoms with van der Waals surface area (Å²) in [7, 11) is 0. The molecule has 0 bridgehead atoms. The maximum atomic E-state index is 13.2. The fraction of sp³-hybridized carbons (Fsp3) is 0.421. The van der Waals surface area contributed by atoms with Crippen LogP contribution in [0.25, 0.3) is 5.69 Å². The van der Waals surface area contributed by atoms with Crippen LogP contribution >= 0.6 is 0 Å². The van der Waals surface area contributed by atoms with Crippen LogP contribution in [0, 0.1) is 0 Å². The molecule has 3 aromatic heterocycles. The molecule has 3 N–H and O–H groups in total. The van der Waals surface area contributed by atoms with E-state index in [0.717, 1.165) is 75.7 Å². The van der Waals surface area contributed by atoms with Crippen LogP contribution in [0.4, 0.5) is 30.4 Å². The highest BCUT2D eigenvalue weighted by atomic mass is 19.4. The Morgan fingerprint density at radius 2 is 1.62 bits per heavy atom. The lowest BCUT2D eigenvalue weighted by atomic mass is 10.0. The Kier molecular flexibility index (Phi) is 10.5. The van der Waals surface area contributed by atoms with E-state index >= 15 is 0 Å². The lowest BCUT2D eigenvalue weighted by molar-refractivity contribution is -0.141. The number of carbonyl (C=O) groups excluding carboxylic acids is 3. The molecule has 290 valence electrons. The summed E-state index contributed by atoms with van der Waals surface area (Å²) in [6.45, 7) is 8.34. The van der Waals surface area contributed by atoms with Gasteiger partial charge in [-0.25, -0.2) is 14.6 Å². The second kappa shape index (κ2) is 15.3. The first kappa shape index (κ1) is 37.8. The van der Waals surface area contributed by atoms with E-state index in [1.807, 2.05) is 36.4 Å². The highest BCUT2D eigenvalue weighted by Gasteiger charge is 2.34. The Labute approximate surface area is 315 Å². The number of piperazine rings is 1. The number of amides is 3. The smallest absolute Gasteiger partial charge is 0.433 e. The van der Waals surface area contributed by atoms with Crippen molar-refractivity contribution in [3.63, 3.8) is 0 Å². The molecule has 4 aromatic rings. The molecule has 0 saturated carbocycles. The molecule has 3 aliphatic heterocycles. The molecule has 0 radical (unpaired) electrons. The van der Waals surface area contributed by atoms with Crippen LogP contribution in [0.2, 0.25) is 0 Å². The van der Waals surface area contributed by atoms with Crippen molar-refractivity contribution in [2.24, 2.45) is 0 Å². The van der Waals surface area contributed by atoms with Crippen LogP contribution in [0.3, 0.4) is 0 Å². The van der Waals surface area contributed by atoms with Gasteiger partial charge in [0, 0.05) is 63.8 Å². The summed E-state index contributed by atoms with van der Waals surface area (Å²) in [5, 5.41) is 20.2. The SMILES string of the molecule is CC(C)(O)c1nn(-c2ccc(N3CCN(C4CCN(c5ccc(OC6CCC(=O)NC6=O)cn5)CC4)CC3)cc2)cc1NC(=O)c1cccc(C(F)(F)F)n1. The number of carbonyl (C=O) groups is 3. The van der Waals surface area contributed by atoms with Gasteiger partial charge < -0.3 is 25.0 Å². The molecule has 14 nitrogen and oxygen atoms in total. The predicted molar refractivity (Wildman–Crippen MR) is 196 cm³/mol. The van der Waals surface area contributed by atoms with Crippen molar-refractivity contribution in [3.05, 3.63) is 84.1 Å². The van der Waals surface area contributed by atoms with Gasteiger partial charge in [0.1, 0.15) is 34.3 Å². The third kappa shape index (κ3) is 8.73. The van der Waals surface area contributed by atoms with Gasteiger partial charge in [-0.05, 0) is 75.2 Å². The molecular formula is C38H42F3N9O5. The summed E-state index contributed by atoms with van der Waals surface area (Å²) in [5.41, 5.74) is -1.06. The first-order chi connectivity index (χ1) is 26.2. The van der Waals surface area contributed by atoms with Gasteiger partial charge >= 0.3 is 6.18 Å². The summed E-state index contributed by atoms with van der Waals surface area (Å²) in [6, 6.07) is 15.0. The van der Waals surface area contributed by atoms with Crippen molar-refractivity contribution >= 4 is 34.9 Å². The molecule has 6 heterocycles. The maximum Gasteiger partial charge on any atom is 0.433 e. The van der Waals surface area contributed by atoms with Crippen molar-refractivity contribution in [2.75, 3.05) is 54.4 Å². The topological polar surface area (TPSA) is 158 Å². The molecule has 1 unspecified atom stereocenters. The zero-order valence-corrected chi connectivity index (χ0v) is 30.4. The van der Waals surface area contributed by atoms with Crippen molar-refractivity contribution in [1.82, 2.24) is 30.0 Å². The number of halogens is 3. The van der Waals surface area contributed by atoms with Gasteiger partial charge in [-0.15, -0.1) is 0 Å². The Morgan fingerprint density at radius 1 is 0.909 bits per heavy atom. The van der Waals surface area contributed by atoms with E-state index < -0.39 is 41.1 Å². The van der Waals surface area contributed by atoms with Gasteiger partial charge in [0.15, 0.2) is 6.10 Å². The van der Waals surface area contributed by atoms with Crippen LogP contribution in [0.15, 0.2) is 67.0 Å². The summed E-state index contributed by atoms with van der Waals surface area (Å²) < 4.78 is 46.8. The molecule has 1 atom stereocenters. The number of rotatable bonds is 9. The molecule has 7 rings (SSSR count). The van der Waals surface area contributed by atoms with Gasteiger partial charge in [0.05, 0.1) is 23.8 Å². The third-order valence-corrected chi connectivity index (χ3v) is 10.1. The van der Waals surface area contributed by atoms with E-state index in [-0.39, 0.29) is 23.7 Å². The van der Waals surface area contributed by atoms with Gasteiger partial charge in [-0.3, -0.25) is 24.6 Å². The predicted octanol–water partition coefficient (Wildman–Crippen LogP) is 4.14. The lowest BCUT2D eigenvalue weighted by Gasteiger charge is -2.43. The quantitative estimate of drug-likeness (QED) is 0.211. The van der Waals surface area contributed by atoms with Gasteiger partial charge in [-0.1, -0.05) is 6.07 Å². The fourth-order valence-electron chi connectivity index (χ4n) is 7.16. The van der Waals surface area contributed by atoms with E-state index in [0.29, 0.717) is 23.9 Å². The Hall–Kier alpha value is -5.55. The second-order valence-corrected chi connectivity index (χ2v) is 14.4. The number of imide groups is 1. The molecule has 0 spiro atoms. The molecule has 3 aliphatic rings. The normalized spacial score (nSPS) is 19.0. The van der Waals surface area contributed by atoms with E-state index in [1.54, 1.807) is 6.20 Å². The van der Waals surface area contributed by atoms with Crippen molar-refractivity contribution in [3.8, 4) is 11.4 Å². The molecule has 1 aromatic carbocycles. The third-order valence-electron chi connectivity index (χ3n) is 10.1. The van der Waals surface area contributed by atoms with Crippen LogP contribution in [0.1, 0.15) is 61.4 Å². The van der Waals surface area contributed by atoms with Crippen molar-refractivity contribution in [1.29, 1.82) is 0 Å². The van der Waals surface area contributed by atoms with Crippen LogP contribution in [-0.4, -0.2) is 98.9 Å². The van der Waals surface area contributed by atoms with E-state index in [2.05, 4.69) is 40.4 Å². The number of alkyl halides is 3. The Balaban J connectivity index is 0.912. The summed E-state index contributed by atoms with van der Waals surface area (Å²) in [4.78, 5) is 51.5. The number of aliphatic hydroxyl groups is 1. The van der Waals surface area contributed by atoms with Crippen LogP contribution < -0.4 is 25.2 Å². The minimum Gasteiger partial charge on any atom is -0.479 e. The molecule has 3 fully saturated rings. The first-order valence-corrected chi connectivity index (χ1v) is 18.2. The maximum absolute atomic E-state index is 13.2. The van der Waals surface area contributed by atoms with Gasteiger partial charge in [0.25, 0.3) is 11.8 Å². The molecule has 55 heavy (non-hydrogen) atoms. The molecule has 0 aliphatic carbocycles. The molecule has 17 heteroatoms. The minimum absolute atomic E-state index is 0.143. The summed E-state index contributed by atoms with van der Waals surface area (Å²) in [5.74, 6) is -0.206. The highest BCUT2D eigenvalue weighted by molar-refractivity contribution is 6.03. The van der Waals surface area contributed by atoms with E-state index in [1.165, 1.54) is 30.8 Å². The fourth-order valence-corrected chi connectivity index (χ4v) is 7.16. The number of pyridine rings is 2. The highest BCUT2D eigenvalue weighted by Crippen LogP contribution is 2.31. The van der Waals surface area contributed by atoms with Gasteiger partial charge in [0.2, 0.25) is 5.91 Å². The average Bonchev–Trinajstić information content (AvgIpc) is 3.61. The Bertz CT molecular complexity index is 2020. The largest absolute Gasteiger partial charge is 0.479 e. The minimum atomic E-state index is -4.70. The molecule has 3 saturated heterocycles. The standard InChI is InChI=1S/C38H42F3N9O5/c1-37(2,54)34-29(44-35(52)28-4-3-5-31(43-28)38(39,40)41)23-50(46-34)26-8-6-24(7-9-26)47-18-20-48(21-19-47)25-14-16-49(17-15-25)32-12-10-27(22-42-32)55-30-11-13-33(51)45-36(30)53/h3-10,12,22-23,25,30,54H,11,13-21H2,1-2H3,(H,44,52)(H,45,51,53). The Morgan fingerprint density at radius 3 is 2.25 bits per heavy atom. The number of nitrogens with one attached hydrogen (secondary N) is 2. The van der Waals surface area contributed by atoms with E-state index in [9.17, 15) is 32.7 Å². The van der Waals surface area contributed by atoms with Crippen LogP contribution in [-0.2, 0) is 21.4 Å².